The summed E-state index contributed by atoms with van der Waals surface area (Å²) in [5, 5.41) is 8.65. The summed E-state index contributed by atoms with van der Waals surface area (Å²) in [5.41, 5.74) is 0. The van der Waals surface area contributed by atoms with Gasteiger partial charge in [-0.2, -0.15) is 0 Å². The van der Waals surface area contributed by atoms with E-state index in [1.165, 1.54) is 24.5 Å². The molecule has 0 saturated carbocycles. The van der Waals surface area contributed by atoms with Crippen LogP contribution in [0.5, 0.6) is 5.75 Å². The normalized spacial score (nSPS) is 11.1. The number of pyridine rings is 1. The van der Waals surface area contributed by atoms with Crippen LogP contribution >= 0.6 is 0 Å². The van der Waals surface area contributed by atoms with E-state index in [2.05, 4.69) is 14.3 Å². The van der Waals surface area contributed by atoms with Gasteiger partial charge in [0.25, 0.3) is 0 Å². The fraction of sp³-hybridized carbons (Fsp3) is 0.167. The van der Waals surface area contributed by atoms with Crippen LogP contribution in [-0.4, -0.2) is 23.7 Å². The molecule has 1 heterocycles. The van der Waals surface area contributed by atoms with Crippen molar-refractivity contribution in [3.63, 3.8) is 0 Å². The second kappa shape index (κ2) is 4.29. The lowest BCUT2D eigenvalue weighted by molar-refractivity contribution is -0.288. The molecule has 0 spiro atoms. The minimum Gasteiger partial charge on any atom is -0.512 e. The van der Waals surface area contributed by atoms with E-state index >= 15 is 0 Å². The predicted molar refractivity (Wildman–Crippen MR) is 40.0 cm³/mol. The molecule has 4 nitrogen and oxygen atoms in total. The highest BCUT2D eigenvalue weighted by Gasteiger charge is 2.38. The number of halogens is 3. The third-order valence-electron chi connectivity index (χ3n) is 1.12. The van der Waals surface area contributed by atoms with Gasteiger partial charge >= 0.3 is 13.7 Å². The van der Waals surface area contributed by atoms with Gasteiger partial charge in [0.2, 0.25) is 0 Å². The quantitative estimate of drug-likeness (QED) is 0.750. The van der Waals surface area contributed by atoms with Gasteiger partial charge in [-0.3, -0.25) is 9.64 Å². The van der Waals surface area contributed by atoms with E-state index in [1.807, 2.05) is 0 Å². The van der Waals surface area contributed by atoms with Gasteiger partial charge in [-0.25, -0.2) is 0 Å². The highest BCUT2D eigenvalue weighted by atomic mass is 19.4. The SMILES string of the molecule is OB(Oc1ccncc1)OC(F)(F)F. The Morgan fingerprint density at radius 3 is 2.36 bits per heavy atom. The van der Waals surface area contributed by atoms with Crippen LogP contribution in [0, 0.1) is 0 Å². The van der Waals surface area contributed by atoms with Crippen LogP contribution in [-0.2, 0) is 4.65 Å². The molecule has 0 radical (unpaired) electrons. The fourth-order valence-electron chi connectivity index (χ4n) is 0.672. The molecule has 0 bridgehead atoms. The summed E-state index contributed by atoms with van der Waals surface area (Å²) in [6.07, 6.45) is -2.34. The monoisotopic (exact) mass is 207 g/mol. The lowest BCUT2D eigenvalue weighted by atomic mass is 10.2. The summed E-state index contributed by atoms with van der Waals surface area (Å²) >= 11 is 0. The minimum atomic E-state index is -4.94. The Kier molecular flexibility index (Phi) is 3.31. The molecule has 0 aromatic carbocycles. The van der Waals surface area contributed by atoms with E-state index in [0.29, 0.717) is 0 Å². The van der Waals surface area contributed by atoms with E-state index in [4.69, 9.17) is 5.02 Å². The van der Waals surface area contributed by atoms with Crippen LogP contribution < -0.4 is 4.65 Å². The van der Waals surface area contributed by atoms with Crippen molar-refractivity contribution in [2.24, 2.45) is 0 Å². The summed E-state index contributed by atoms with van der Waals surface area (Å²) in [6.45, 7) is 0. The topological polar surface area (TPSA) is 51.6 Å². The van der Waals surface area contributed by atoms with Crippen LogP contribution in [0.1, 0.15) is 0 Å². The Hall–Kier alpha value is -1.28. The summed E-state index contributed by atoms with van der Waals surface area (Å²) in [4.78, 5) is 3.60. The zero-order valence-corrected chi connectivity index (χ0v) is 6.73. The zero-order valence-electron chi connectivity index (χ0n) is 6.73. The van der Waals surface area contributed by atoms with E-state index in [0.717, 1.165) is 0 Å². The van der Waals surface area contributed by atoms with Crippen molar-refractivity contribution in [1.82, 2.24) is 4.98 Å². The van der Waals surface area contributed by atoms with Crippen LogP contribution in [0.4, 0.5) is 13.2 Å². The lowest BCUT2D eigenvalue weighted by Gasteiger charge is -2.11. The van der Waals surface area contributed by atoms with Gasteiger partial charge in [-0.15, -0.1) is 13.2 Å². The maximum absolute atomic E-state index is 11.5. The van der Waals surface area contributed by atoms with E-state index in [9.17, 15) is 13.2 Å². The molecule has 0 amide bonds. The third kappa shape index (κ3) is 4.10. The van der Waals surface area contributed by atoms with Crippen molar-refractivity contribution in [3.05, 3.63) is 24.5 Å². The van der Waals surface area contributed by atoms with Gasteiger partial charge in [0, 0.05) is 12.4 Å². The van der Waals surface area contributed by atoms with Crippen molar-refractivity contribution in [2.45, 2.75) is 6.36 Å². The highest BCUT2D eigenvalue weighted by molar-refractivity contribution is 6.35. The Bertz CT molecular complexity index is 281. The van der Waals surface area contributed by atoms with Gasteiger partial charge in [-0.05, 0) is 12.1 Å². The van der Waals surface area contributed by atoms with Gasteiger partial charge < -0.3 is 9.68 Å². The number of hydrogen-bond donors (Lipinski definition) is 1. The molecule has 0 aliphatic rings. The third-order valence-corrected chi connectivity index (χ3v) is 1.12. The van der Waals surface area contributed by atoms with Gasteiger partial charge in [0.1, 0.15) is 5.75 Å². The molecule has 0 atom stereocenters. The molecule has 1 aromatic heterocycles. The molecule has 0 fully saturated rings. The molecule has 1 N–H and O–H groups in total. The Morgan fingerprint density at radius 2 is 1.86 bits per heavy atom. The highest BCUT2D eigenvalue weighted by Crippen LogP contribution is 2.18. The van der Waals surface area contributed by atoms with Crippen molar-refractivity contribution in [2.75, 3.05) is 0 Å². The number of aromatic nitrogens is 1. The summed E-state index contributed by atoms with van der Waals surface area (Å²) < 4.78 is 42.1. The first kappa shape index (κ1) is 10.8. The van der Waals surface area contributed by atoms with E-state index in [-0.39, 0.29) is 5.75 Å². The molecule has 0 saturated heterocycles. The number of hydrogen-bond acceptors (Lipinski definition) is 4. The zero-order chi connectivity index (χ0) is 10.6. The maximum atomic E-state index is 11.5. The Balaban J connectivity index is 2.46. The standard InChI is InChI=1S/C6H5BF3NO3/c8-6(9,10)14-7(12)13-5-1-3-11-4-2-5/h1-4,12H. The van der Waals surface area contributed by atoms with Crippen LogP contribution in [0.3, 0.4) is 0 Å². The molecular weight excluding hydrogens is 202 g/mol. The fourth-order valence-corrected chi connectivity index (χ4v) is 0.672. The first-order valence-corrected chi connectivity index (χ1v) is 3.47. The summed E-state index contributed by atoms with van der Waals surface area (Å²) in [6, 6.07) is 2.56. The van der Waals surface area contributed by atoms with E-state index < -0.39 is 13.7 Å². The Morgan fingerprint density at radius 1 is 1.29 bits per heavy atom. The smallest absolute Gasteiger partial charge is 0.512 e. The number of nitrogens with zero attached hydrogens (tertiary/aromatic N) is 1. The maximum Gasteiger partial charge on any atom is 0.716 e. The number of alkyl halides is 3. The molecule has 76 valence electrons. The van der Waals surface area contributed by atoms with Crippen molar-refractivity contribution >= 4 is 7.32 Å². The van der Waals surface area contributed by atoms with Crippen molar-refractivity contribution in [1.29, 1.82) is 0 Å². The average Bonchev–Trinajstić information content (AvgIpc) is 2.02. The summed E-state index contributed by atoms with van der Waals surface area (Å²) in [7, 11) is -2.38. The second-order valence-corrected chi connectivity index (χ2v) is 2.17. The Labute approximate surface area is 77.5 Å². The molecule has 0 unspecified atom stereocenters. The van der Waals surface area contributed by atoms with Gasteiger partial charge in [0.15, 0.2) is 0 Å². The molecule has 0 aliphatic carbocycles. The molecule has 8 heteroatoms. The summed E-state index contributed by atoms with van der Waals surface area (Å²) in [5.74, 6) is 0.0248. The molecule has 14 heavy (non-hydrogen) atoms. The largest absolute Gasteiger partial charge is 0.716 e. The second-order valence-electron chi connectivity index (χ2n) is 2.17. The van der Waals surface area contributed by atoms with Crippen molar-refractivity contribution in [3.8, 4) is 5.75 Å². The predicted octanol–water partition coefficient (Wildman–Crippen LogP) is 0.974. The lowest BCUT2D eigenvalue weighted by Crippen LogP contribution is -2.33. The first-order chi connectivity index (χ1) is 6.47. The van der Waals surface area contributed by atoms with Crippen LogP contribution in [0.15, 0.2) is 24.5 Å². The van der Waals surface area contributed by atoms with E-state index in [1.54, 1.807) is 0 Å². The van der Waals surface area contributed by atoms with Gasteiger partial charge in [-0.1, -0.05) is 0 Å². The minimum absolute atomic E-state index is 0.0248. The van der Waals surface area contributed by atoms with Crippen LogP contribution in [0.25, 0.3) is 0 Å². The molecule has 1 aromatic rings. The van der Waals surface area contributed by atoms with Gasteiger partial charge in [0.05, 0.1) is 0 Å². The molecule has 0 aliphatic heterocycles. The molecular formula is C6H5BF3NO3. The first-order valence-electron chi connectivity index (χ1n) is 3.47. The van der Waals surface area contributed by atoms with Crippen molar-refractivity contribution < 1.29 is 27.5 Å². The molecule has 1 rings (SSSR count). The number of rotatable bonds is 3. The van der Waals surface area contributed by atoms with Crippen LogP contribution in [0.2, 0.25) is 0 Å². The average molecular weight is 207 g/mol.